The number of benzene rings is 3. The molecule has 7 heteroatoms. The Morgan fingerprint density at radius 2 is 1.23 bits per heavy atom. The smallest absolute Gasteiger partial charge is 0.423 e. The number of carbonyl (C=O) groups excluding carboxylic acids is 1. The molecule has 0 saturated carbocycles. The number of fused-ring (bicyclic) bond motifs is 3. The van der Waals surface area contributed by atoms with E-state index in [4.69, 9.17) is 0 Å². The van der Waals surface area contributed by atoms with Crippen LogP contribution in [-0.2, 0) is 4.79 Å². The molecule has 1 atom stereocenters. The molecule has 4 nitrogen and oxygen atoms in total. The van der Waals surface area contributed by atoms with Crippen molar-refractivity contribution in [3.63, 3.8) is 0 Å². The van der Waals surface area contributed by atoms with Crippen LogP contribution in [0.3, 0.4) is 0 Å². The minimum absolute atomic E-state index is 0.0630. The summed E-state index contributed by atoms with van der Waals surface area (Å²) in [4.78, 5) is 25.0. The Morgan fingerprint density at radius 3 is 1.70 bits per heavy atom. The maximum atomic E-state index is 14.5. The van der Waals surface area contributed by atoms with Crippen LogP contribution < -0.4 is 5.32 Å². The van der Waals surface area contributed by atoms with Gasteiger partial charge in [0.15, 0.2) is 0 Å². The standard InChI is InChI=1S/C23H16F3NO3/c24-23(25,26)22(21(29)30,27-20(28)14-8-2-1-3-9-14)19-17-12-6-4-10-15(17)16-11-5-7-13-18(16)19/h1-13,19H,(H,27,28)(H,29,30)/t22-/m1/s1. The van der Waals surface area contributed by atoms with E-state index in [1.165, 1.54) is 36.4 Å². The Kier molecular flexibility index (Phi) is 4.61. The molecule has 0 saturated heterocycles. The number of carboxylic acids is 1. The van der Waals surface area contributed by atoms with E-state index in [1.54, 1.807) is 42.5 Å². The molecule has 0 heterocycles. The zero-order valence-electron chi connectivity index (χ0n) is 15.5. The first kappa shape index (κ1) is 19.7. The quantitative estimate of drug-likeness (QED) is 0.659. The average Bonchev–Trinajstić information content (AvgIpc) is 3.06. The number of aliphatic carboxylic acids is 1. The molecule has 1 amide bonds. The molecule has 152 valence electrons. The summed E-state index contributed by atoms with van der Waals surface area (Å²) in [5.74, 6) is -4.93. The maximum absolute atomic E-state index is 14.5. The van der Waals surface area contributed by atoms with Crippen molar-refractivity contribution in [3.8, 4) is 11.1 Å². The van der Waals surface area contributed by atoms with E-state index >= 15 is 0 Å². The van der Waals surface area contributed by atoms with E-state index in [1.807, 2.05) is 5.32 Å². The van der Waals surface area contributed by atoms with Crippen molar-refractivity contribution in [1.82, 2.24) is 5.32 Å². The van der Waals surface area contributed by atoms with Gasteiger partial charge in [-0.3, -0.25) is 4.79 Å². The van der Waals surface area contributed by atoms with Gasteiger partial charge in [-0.2, -0.15) is 13.2 Å². The fraction of sp³-hybridized carbons (Fsp3) is 0.130. The topological polar surface area (TPSA) is 66.4 Å². The molecular weight excluding hydrogens is 395 g/mol. The lowest BCUT2D eigenvalue weighted by Crippen LogP contribution is -2.67. The largest absolute Gasteiger partial charge is 0.479 e. The number of alkyl halides is 3. The summed E-state index contributed by atoms with van der Waals surface area (Å²) < 4.78 is 43.6. The third-order valence-electron chi connectivity index (χ3n) is 5.40. The van der Waals surface area contributed by atoms with Gasteiger partial charge in [0, 0.05) is 5.56 Å². The Hall–Kier alpha value is -3.61. The van der Waals surface area contributed by atoms with E-state index < -0.39 is 29.5 Å². The molecule has 0 unspecified atom stereocenters. The molecule has 3 aromatic carbocycles. The van der Waals surface area contributed by atoms with Gasteiger partial charge < -0.3 is 10.4 Å². The summed E-state index contributed by atoms with van der Waals surface area (Å²) in [6.45, 7) is 0. The summed E-state index contributed by atoms with van der Waals surface area (Å²) in [5.41, 5.74) is -2.18. The molecule has 0 aliphatic heterocycles. The molecule has 1 aliphatic carbocycles. The number of halogens is 3. The van der Waals surface area contributed by atoms with Crippen LogP contribution in [0.2, 0.25) is 0 Å². The lowest BCUT2D eigenvalue weighted by Gasteiger charge is -2.38. The minimum atomic E-state index is -5.28. The lowest BCUT2D eigenvalue weighted by atomic mass is 9.76. The number of hydrogen-bond acceptors (Lipinski definition) is 2. The first-order chi connectivity index (χ1) is 14.3. The van der Waals surface area contributed by atoms with Crippen LogP contribution in [-0.4, -0.2) is 28.7 Å². The predicted molar refractivity (Wildman–Crippen MR) is 104 cm³/mol. The zero-order chi connectivity index (χ0) is 21.5. The number of amides is 1. The molecule has 0 radical (unpaired) electrons. The maximum Gasteiger partial charge on any atom is 0.423 e. The van der Waals surface area contributed by atoms with Crippen LogP contribution in [0.4, 0.5) is 13.2 Å². The zero-order valence-corrected chi connectivity index (χ0v) is 15.5. The molecule has 0 fully saturated rings. The van der Waals surface area contributed by atoms with Crippen molar-refractivity contribution in [2.45, 2.75) is 17.6 Å². The fourth-order valence-corrected chi connectivity index (χ4v) is 4.07. The molecule has 2 N–H and O–H groups in total. The van der Waals surface area contributed by atoms with Gasteiger partial charge in [0.1, 0.15) is 0 Å². The number of hydrogen-bond donors (Lipinski definition) is 2. The molecule has 3 aromatic rings. The van der Waals surface area contributed by atoms with Gasteiger partial charge in [-0.15, -0.1) is 0 Å². The minimum Gasteiger partial charge on any atom is -0.479 e. The highest BCUT2D eigenvalue weighted by molar-refractivity contribution is 6.00. The molecule has 0 bridgehead atoms. The summed E-state index contributed by atoms with van der Waals surface area (Å²) in [5, 5.41) is 11.8. The third kappa shape index (κ3) is 2.85. The van der Waals surface area contributed by atoms with Crippen LogP contribution in [0.1, 0.15) is 27.4 Å². The van der Waals surface area contributed by atoms with Crippen LogP contribution >= 0.6 is 0 Å². The lowest BCUT2D eigenvalue weighted by molar-refractivity contribution is -0.210. The normalized spacial score (nSPS) is 15.0. The van der Waals surface area contributed by atoms with Gasteiger partial charge in [0.05, 0.1) is 5.92 Å². The molecule has 0 spiro atoms. The van der Waals surface area contributed by atoms with Gasteiger partial charge in [-0.05, 0) is 34.4 Å². The predicted octanol–water partition coefficient (Wildman–Crippen LogP) is 4.61. The average molecular weight is 411 g/mol. The Labute approximate surface area is 170 Å². The fourth-order valence-electron chi connectivity index (χ4n) is 4.07. The van der Waals surface area contributed by atoms with Gasteiger partial charge in [-0.1, -0.05) is 66.7 Å². The number of nitrogens with one attached hydrogen (secondary N) is 1. The molecular formula is C23H16F3NO3. The van der Waals surface area contributed by atoms with Crippen LogP contribution in [0.15, 0.2) is 78.9 Å². The van der Waals surface area contributed by atoms with Gasteiger partial charge in [0.2, 0.25) is 5.54 Å². The molecule has 4 rings (SSSR count). The van der Waals surface area contributed by atoms with E-state index in [0.29, 0.717) is 11.1 Å². The van der Waals surface area contributed by atoms with E-state index in [0.717, 1.165) is 0 Å². The Bertz CT molecular complexity index is 1080. The number of carbonyl (C=O) groups is 2. The summed E-state index contributed by atoms with van der Waals surface area (Å²) in [6.07, 6.45) is -5.28. The van der Waals surface area contributed by atoms with Gasteiger partial charge in [0.25, 0.3) is 5.91 Å². The number of carboxylic acid groups (broad SMARTS) is 1. The molecule has 0 aromatic heterocycles. The van der Waals surface area contributed by atoms with Crippen molar-refractivity contribution >= 4 is 11.9 Å². The second kappa shape index (κ2) is 7.02. The first-order valence-electron chi connectivity index (χ1n) is 9.13. The Balaban J connectivity index is 1.96. The second-order valence-electron chi connectivity index (χ2n) is 7.04. The highest BCUT2D eigenvalue weighted by Gasteiger charge is 2.68. The van der Waals surface area contributed by atoms with Crippen molar-refractivity contribution in [2.75, 3.05) is 0 Å². The summed E-state index contributed by atoms with van der Waals surface area (Å²) >= 11 is 0. The van der Waals surface area contributed by atoms with Crippen LogP contribution in [0.25, 0.3) is 11.1 Å². The third-order valence-corrected chi connectivity index (χ3v) is 5.40. The van der Waals surface area contributed by atoms with E-state index in [-0.39, 0.29) is 16.7 Å². The van der Waals surface area contributed by atoms with Crippen molar-refractivity contribution in [3.05, 3.63) is 95.6 Å². The SMILES string of the molecule is O=C(N[C@@](C(=O)O)(C1c2ccccc2-c2ccccc21)C(F)(F)F)c1ccccc1. The molecule has 1 aliphatic rings. The second-order valence-corrected chi connectivity index (χ2v) is 7.04. The van der Waals surface area contributed by atoms with Crippen molar-refractivity contribution < 1.29 is 27.9 Å². The highest BCUT2D eigenvalue weighted by atomic mass is 19.4. The highest BCUT2D eigenvalue weighted by Crippen LogP contribution is 2.54. The Morgan fingerprint density at radius 1 is 0.767 bits per heavy atom. The summed E-state index contributed by atoms with van der Waals surface area (Å²) in [7, 11) is 0. The van der Waals surface area contributed by atoms with Gasteiger partial charge >= 0.3 is 12.1 Å². The summed E-state index contributed by atoms with van der Waals surface area (Å²) in [6, 6.07) is 19.9. The van der Waals surface area contributed by atoms with E-state index in [2.05, 4.69) is 0 Å². The van der Waals surface area contributed by atoms with Crippen LogP contribution in [0, 0.1) is 0 Å². The monoisotopic (exact) mass is 411 g/mol. The van der Waals surface area contributed by atoms with Crippen molar-refractivity contribution in [1.29, 1.82) is 0 Å². The van der Waals surface area contributed by atoms with Crippen LogP contribution in [0.5, 0.6) is 0 Å². The first-order valence-corrected chi connectivity index (χ1v) is 9.13. The van der Waals surface area contributed by atoms with E-state index in [9.17, 15) is 27.9 Å². The molecule has 30 heavy (non-hydrogen) atoms. The van der Waals surface area contributed by atoms with Crippen molar-refractivity contribution in [2.24, 2.45) is 0 Å². The number of rotatable bonds is 4. The van der Waals surface area contributed by atoms with Gasteiger partial charge in [-0.25, -0.2) is 4.79 Å².